The van der Waals surface area contributed by atoms with Gasteiger partial charge in [0.2, 0.25) is 27.7 Å². The van der Waals surface area contributed by atoms with Crippen LogP contribution in [0, 0.1) is 0 Å². The van der Waals surface area contributed by atoms with Gasteiger partial charge >= 0.3 is 0 Å². The van der Waals surface area contributed by atoms with Gasteiger partial charge in [0.1, 0.15) is 5.54 Å². The van der Waals surface area contributed by atoms with E-state index in [9.17, 15) is 22.8 Å². The molecule has 1 atom stereocenters. The number of carbonyl (C=O) groups is 3. The largest absolute Gasteiger partial charge is 0.368 e. The SMILES string of the molecule is CSCC[C@](Cc1ccccc1)(NC(=O)CCS(=O)(=O)N1CCNC(=O)C1)C(N)=O. The van der Waals surface area contributed by atoms with Crippen molar-refractivity contribution in [2.24, 2.45) is 5.73 Å². The van der Waals surface area contributed by atoms with E-state index in [0.717, 1.165) is 9.87 Å². The molecule has 0 aliphatic carbocycles. The normalized spacial score (nSPS) is 17.0. The van der Waals surface area contributed by atoms with Crippen LogP contribution in [-0.2, 0) is 30.8 Å². The number of thioether (sulfide) groups is 1. The lowest BCUT2D eigenvalue weighted by atomic mass is 9.87. The molecule has 0 radical (unpaired) electrons. The Labute approximate surface area is 181 Å². The van der Waals surface area contributed by atoms with Gasteiger partial charge in [-0.3, -0.25) is 14.4 Å². The Morgan fingerprint density at radius 3 is 2.60 bits per heavy atom. The minimum Gasteiger partial charge on any atom is -0.368 e. The van der Waals surface area contributed by atoms with Crippen LogP contribution in [0.25, 0.3) is 0 Å². The number of nitrogens with one attached hydrogen (secondary N) is 2. The van der Waals surface area contributed by atoms with Crippen molar-refractivity contribution in [3.05, 3.63) is 35.9 Å². The molecule has 3 amide bonds. The number of carbonyl (C=O) groups excluding carboxylic acids is 3. The molecule has 1 fully saturated rings. The molecule has 1 saturated heterocycles. The van der Waals surface area contributed by atoms with Crippen molar-refractivity contribution >= 4 is 39.5 Å². The van der Waals surface area contributed by atoms with Crippen LogP contribution in [0.1, 0.15) is 18.4 Å². The summed E-state index contributed by atoms with van der Waals surface area (Å²) in [5.41, 5.74) is 5.22. The Bertz CT molecular complexity index is 863. The smallest absolute Gasteiger partial charge is 0.243 e. The second kappa shape index (κ2) is 10.8. The third kappa shape index (κ3) is 6.71. The van der Waals surface area contributed by atoms with E-state index in [1.165, 1.54) is 11.8 Å². The number of amides is 3. The average molecular weight is 457 g/mol. The molecule has 0 bridgehead atoms. The summed E-state index contributed by atoms with van der Waals surface area (Å²) in [4.78, 5) is 36.4. The van der Waals surface area contributed by atoms with Crippen LogP contribution < -0.4 is 16.4 Å². The van der Waals surface area contributed by atoms with Crippen molar-refractivity contribution in [2.75, 3.05) is 37.4 Å². The van der Waals surface area contributed by atoms with Crippen LogP contribution >= 0.6 is 11.8 Å². The zero-order valence-electron chi connectivity index (χ0n) is 16.9. The lowest BCUT2D eigenvalue weighted by Crippen LogP contribution is -2.59. The summed E-state index contributed by atoms with van der Waals surface area (Å²) < 4.78 is 26.0. The van der Waals surface area contributed by atoms with E-state index in [1.54, 1.807) is 0 Å². The molecule has 0 spiro atoms. The van der Waals surface area contributed by atoms with Crippen LogP contribution in [0.3, 0.4) is 0 Å². The topological polar surface area (TPSA) is 139 Å². The second-order valence-corrected chi connectivity index (χ2v) is 10.2. The van der Waals surface area contributed by atoms with Gasteiger partial charge in [-0.05, 0) is 24.0 Å². The molecule has 30 heavy (non-hydrogen) atoms. The first-order chi connectivity index (χ1) is 14.2. The van der Waals surface area contributed by atoms with Crippen LogP contribution in [0.15, 0.2) is 30.3 Å². The van der Waals surface area contributed by atoms with E-state index in [1.807, 2.05) is 36.6 Å². The van der Waals surface area contributed by atoms with Gasteiger partial charge in [-0.15, -0.1) is 0 Å². The Morgan fingerprint density at radius 1 is 1.30 bits per heavy atom. The van der Waals surface area contributed by atoms with Gasteiger partial charge in [0.05, 0.1) is 12.3 Å². The summed E-state index contributed by atoms with van der Waals surface area (Å²) in [6, 6.07) is 9.20. The lowest BCUT2D eigenvalue weighted by molar-refractivity contribution is -0.131. The molecular weight excluding hydrogens is 428 g/mol. The monoisotopic (exact) mass is 456 g/mol. The van der Waals surface area contributed by atoms with Gasteiger partial charge in [-0.1, -0.05) is 30.3 Å². The number of nitrogens with two attached hydrogens (primary N) is 1. The Hall–Kier alpha value is -2.11. The van der Waals surface area contributed by atoms with E-state index < -0.39 is 33.1 Å². The fourth-order valence-corrected chi connectivity index (χ4v) is 5.16. The first-order valence-electron chi connectivity index (χ1n) is 9.57. The summed E-state index contributed by atoms with van der Waals surface area (Å²) in [7, 11) is -3.77. The predicted octanol–water partition coefficient (Wildman–Crippen LogP) is -0.526. The summed E-state index contributed by atoms with van der Waals surface area (Å²) in [5.74, 6) is -1.46. The Kier molecular flexibility index (Phi) is 8.68. The van der Waals surface area contributed by atoms with Crippen molar-refractivity contribution in [1.29, 1.82) is 0 Å². The quantitative estimate of drug-likeness (QED) is 0.409. The lowest BCUT2D eigenvalue weighted by Gasteiger charge is -2.32. The fourth-order valence-electron chi connectivity index (χ4n) is 3.22. The van der Waals surface area contributed by atoms with Crippen LogP contribution in [0.4, 0.5) is 0 Å². The first kappa shape index (κ1) is 24.2. The maximum Gasteiger partial charge on any atom is 0.243 e. The maximum absolute atomic E-state index is 12.6. The van der Waals surface area contributed by atoms with Gasteiger partial charge in [-0.25, -0.2) is 8.42 Å². The number of benzene rings is 1. The molecule has 166 valence electrons. The minimum atomic E-state index is -3.77. The standard InChI is InChI=1S/C19H28N4O5S2/c1-29-11-8-19(18(20)26,13-15-5-3-2-4-6-15)22-16(24)7-12-30(27,28)23-10-9-21-17(25)14-23/h2-6H,7-14H2,1H3,(H2,20,26)(H,21,25)(H,22,24)/t19-/m1/s1. The highest BCUT2D eigenvalue weighted by Gasteiger charge is 2.38. The van der Waals surface area contributed by atoms with E-state index in [0.29, 0.717) is 12.2 Å². The second-order valence-electron chi connectivity index (χ2n) is 7.15. The molecule has 1 aliphatic heterocycles. The number of hydrogen-bond donors (Lipinski definition) is 3. The summed E-state index contributed by atoms with van der Waals surface area (Å²) in [6.07, 6.45) is 2.10. The first-order valence-corrected chi connectivity index (χ1v) is 12.6. The van der Waals surface area contributed by atoms with Crippen molar-refractivity contribution < 1.29 is 22.8 Å². The van der Waals surface area contributed by atoms with Crippen molar-refractivity contribution in [3.8, 4) is 0 Å². The van der Waals surface area contributed by atoms with Gasteiger partial charge in [0.25, 0.3) is 0 Å². The van der Waals surface area contributed by atoms with E-state index >= 15 is 0 Å². The molecule has 2 rings (SSSR count). The van der Waals surface area contributed by atoms with E-state index in [2.05, 4.69) is 10.6 Å². The Morgan fingerprint density at radius 2 is 2.00 bits per heavy atom. The predicted molar refractivity (Wildman–Crippen MR) is 116 cm³/mol. The number of sulfonamides is 1. The highest BCUT2D eigenvalue weighted by Crippen LogP contribution is 2.20. The highest BCUT2D eigenvalue weighted by molar-refractivity contribution is 7.98. The molecule has 1 aromatic rings. The third-order valence-corrected chi connectivity index (χ3v) is 7.35. The highest BCUT2D eigenvalue weighted by atomic mass is 32.2. The molecule has 0 saturated carbocycles. The Balaban J connectivity index is 2.09. The molecular formula is C19H28N4O5S2. The van der Waals surface area contributed by atoms with Crippen molar-refractivity contribution in [3.63, 3.8) is 0 Å². The molecule has 1 aliphatic rings. The van der Waals surface area contributed by atoms with Crippen LogP contribution in [0.5, 0.6) is 0 Å². The third-order valence-electron chi connectivity index (χ3n) is 4.92. The van der Waals surface area contributed by atoms with Crippen molar-refractivity contribution in [1.82, 2.24) is 14.9 Å². The average Bonchev–Trinajstić information content (AvgIpc) is 2.71. The summed E-state index contributed by atoms with van der Waals surface area (Å²) in [6.45, 7) is 0.153. The number of hydrogen-bond acceptors (Lipinski definition) is 6. The van der Waals surface area contributed by atoms with Crippen molar-refractivity contribution in [2.45, 2.75) is 24.8 Å². The van der Waals surface area contributed by atoms with Crippen LogP contribution in [0.2, 0.25) is 0 Å². The zero-order chi connectivity index (χ0) is 22.2. The minimum absolute atomic E-state index is 0.169. The summed E-state index contributed by atoms with van der Waals surface area (Å²) >= 11 is 1.52. The number of rotatable bonds is 11. The molecule has 9 nitrogen and oxygen atoms in total. The molecule has 4 N–H and O–H groups in total. The van der Waals surface area contributed by atoms with Gasteiger partial charge in [-0.2, -0.15) is 16.1 Å². The number of nitrogens with zero attached hydrogens (tertiary/aromatic N) is 1. The van der Waals surface area contributed by atoms with E-state index in [4.69, 9.17) is 5.73 Å². The molecule has 1 heterocycles. The molecule has 11 heteroatoms. The summed E-state index contributed by atoms with van der Waals surface area (Å²) in [5, 5.41) is 5.27. The van der Waals surface area contributed by atoms with Crippen LogP contribution in [-0.4, -0.2) is 73.4 Å². The van der Waals surface area contributed by atoms with E-state index in [-0.39, 0.29) is 38.4 Å². The van der Waals surface area contributed by atoms with Gasteiger partial charge in [0, 0.05) is 25.9 Å². The fraction of sp³-hybridized carbons (Fsp3) is 0.526. The molecule has 0 aromatic heterocycles. The number of primary amides is 1. The number of piperazine rings is 1. The molecule has 0 unspecified atom stereocenters. The van der Waals surface area contributed by atoms with Gasteiger partial charge in [0.15, 0.2) is 0 Å². The maximum atomic E-state index is 12.6. The molecule has 1 aromatic carbocycles. The van der Waals surface area contributed by atoms with Gasteiger partial charge < -0.3 is 16.4 Å². The zero-order valence-corrected chi connectivity index (χ0v) is 18.6.